The van der Waals surface area contributed by atoms with Crippen LogP contribution in [0.5, 0.6) is 0 Å². The summed E-state index contributed by atoms with van der Waals surface area (Å²) in [7, 11) is 0. The van der Waals surface area contributed by atoms with Crippen LogP contribution in [0.25, 0.3) is 166 Å². The van der Waals surface area contributed by atoms with E-state index in [1.54, 1.807) is 22.7 Å². The molecule has 0 fully saturated rings. The van der Waals surface area contributed by atoms with E-state index in [1.807, 2.05) is 17.4 Å². The lowest BCUT2D eigenvalue weighted by Gasteiger charge is -2.11. The van der Waals surface area contributed by atoms with Crippen molar-refractivity contribution in [1.29, 1.82) is 0 Å². The monoisotopic (exact) mass is 1030 g/mol. The maximum Gasteiger partial charge on any atom is 0.164 e. The lowest BCUT2D eigenvalue weighted by atomic mass is 9.94. The van der Waals surface area contributed by atoms with Gasteiger partial charge in [-0.15, -0.1) is 34.0 Å². The Morgan fingerprint density at radius 1 is 0.299 bits per heavy atom. The van der Waals surface area contributed by atoms with Crippen LogP contribution >= 0.6 is 34.0 Å². The number of furan rings is 1. The molecular weight excluding hydrogens is 997 g/mol. The molecule has 11 aromatic carbocycles. The van der Waals surface area contributed by atoms with Crippen LogP contribution in [-0.4, -0.2) is 19.5 Å². The summed E-state index contributed by atoms with van der Waals surface area (Å²) in [6.07, 6.45) is 0. The molecule has 0 saturated heterocycles. The topological polar surface area (TPSA) is 56.7 Å². The summed E-state index contributed by atoms with van der Waals surface area (Å²) in [5, 5.41) is 11.9. The van der Waals surface area contributed by atoms with Gasteiger partial charge < -0.3 is 8.98 Å². The van der Waals surface area contributed by atoms with E-state index in [-0.39, 0.29) is 0 Å². The Hall–Kier alpha value is -9.31. The fourth-order valence-electron chi connectivity index (χ4n) is 11.9. The van der Waals surface area contributed by atoms with Crippen LogP contribution in [0.3, 0.4) is 0 Å². The van der Waals surface area contributed by atoms with Crippen LogP contribution in [0, 0.1) is 0 Å². The molecular formula is C69H38N4OS3. The number of nitrogens with zero attached hydrogens (tertiary/aromatic N) is 4. The Morgan fingerprint density at radius 2 is 0.844 bits per heavy atom. The van der Waals surface area contributed by atoms with E-state index in [9.17, 15) is 0 Å². The van der Waals surface area contributed by atoms with Crippen molar-refractivity contribution in [1.82, 2.24) is 19.5 Å². The van der Waals surface area contributed by atoms with Crippen LogP contribution in [0.15, 0.2) is 235 Å². The van der Waals surface area contributed by atoms with Crippen LogP contribution < -0.4 is 0 Å². The summed E-state index contributed by atoms with van der Waals surface area (Å²) in [5.41, 5.74) is 12.5. The fourth-order valence-corrected chi connectivity index (χ4v) is 15.4. The molecule has 0 atom stereocenters. The van der Waals surface area contributed by atoms with Crippen LogP contribution in [0.2, 0.25) is 0 Å². The molecule has 0 aliphatic heterocycles. The van der Waals surface area contributed by atoms with Gasteiger partial charge in [0.25, 0.3) is 0 Å². The average molecular weight is 1040 g/mol. The Balaban J connectivity index is 0.855. The van der Waals surface area contributed by atoms with E-state index in [2.05, 4.69) is 229 Å². The second kappa shape index (κ2) is 16.6. The number of para-hydroxylation sites is 2. The largest absolute Gasteiger partial charge is 0.456 e. The van der Waals surface area contributed by atoms with Crippen molar-refractivity contribution < 1.29 is 4.42 Å². The molecule has 17 aromatic rings. The molecule has 0 aliphatic carbocycles. The maximum atomic E-state index is 6.74. The van der Waals surface area contributed by atoms with Crippen LogP contribution in [0.1, 0.15) is 0 Å². The summed E-state index contributed by atoms with van der Waals surface area (Å²) in [6.45, 7) is 0. The predicted octanol–water partition coefficient (Wildman–Crippen LogP) is 20.3. The van der Waals surface area contributed by atoms with Gasteiger partial charge in [-0.3, -0.25) is 0 Å². The van der Waals surface area contributed by atoms with Crippen molar-refractivity contribution in [3.8, 4) is 62.1 Å². The summed E-state index contributed by atoms with van der Waals surface area (Å²) >= 11 is 5.46. The molecule has 6 aromatic heterocycles. The molecule has 0 aliphatic rings. The van der Waals surface area contributed by atoms with Gasteiger partial charge in [-0.1, -0.05) is 140 Å². The van der Waals surface area contributed by atoms with Crippen molar-refractivity contribution >= 4 is 138 Å². The number of hydrogen-bond donors (Lipinski definition) is 0. The zero-order chi connectivity index (χ0) is 50.3. The standard InChI is InChI=1S/C69H38N4OS3/c1-2-13-44(14-3-1)73-56-20-8-4-15-45(56)53-34-40(27-31-57(53)73)52-35-43(36-54-48-18-7-11-24-62(48)77-66(52)54)39-28-32-58-55(33-39)65-51(19-12-21-59(65)74-58)69-71-67(41-25-29-49-46-16-5-9-22-60(46)75-63(49)37-41)70-68(72-69)42-26-30-50-47-17-6-10-23-61(47)76-64(50)38-42/h1-38H. The summed E-state index contributed by atoms with van der Waals surface area (Å²) < 4.78 is 16.6. The van der Waals surface area contributed by atoms with Gasteiger partial charge in [0, 0.05) is 110 Å². The number of thiophene rings is 3. The molecule has 77 heavy (non-hydrogen) atoms. The first-order valence-corrected chi connectivity index (χ1v) is 28.2. The molecule has 17 rings (SSSR count). The van der Waals surface area contributed by atoms with Gasteiger partial charge in [-0.05, 0) is 108 Å². The maximum absolute atomic E-state index is 6.74. The molecule has 6 heterocycles. The van der Waals surface area contributed by atoms with Gasteiger partial charge in [0.2, 0.25) is 0 Å². The van der Waals surface area contributed by atoms with Crippen molar-refractivity contribution in [3.05, 3.63) is 231 Å². The highest BCUT2D eigenvalue weighted by atomic mass is 32.1. The number of aromatic nitrogens is 4. The quantitative estimate of drug-likeness (QED) is 0.167. The second-order valence-corrected chi connectivity index (χ2v) is 23.1. The normalized spacial score (nSPS) is 12.2. The van der Waals surface area contributed by atoms with Crippen molar-refractivity contribution in [3.63, 3.8) is 0 Å². The lowest BCUT2D eigenvalue weighted by Crippen LogP contribution is -2.00. The van der Waals surface area contributed by atoms with Gasteiger partial charge in [-0.25, -0.2) is 15.0 Å². The third-order valence-corrected chi connectivity index (χ3v) is 18.9. The van der Waals surface area contributed by atoms with Gasteiger partial charge in [0.15, 0.2) is 17.5 Å². The zero-order valence-electron chi connectivity index (χ0n) is 40.9. The Kier molecular flexibility index (Phi) is 9.26. The predicted molar refractivity (Wildman–Crippen MR) is 327 cm³/mol. The first-order valence-electron chi connectivity index (χ1n) is 25.7. The SMILES string of the molecule is c1ccc(-n2c3ccccc3c3cc(-c4cc(-c5ccc6oc7cccc(-c8nc(-c9ccc%10c(c9)sc9ccccc9%10)nc(-c9ccc%10c(c9)sc9ccccc9%10)n8)c7c6c5)cc5c4sc4ccccc45)ccc32)cc1. The summed E-state index contributed by atoms with van der Waals surface area (Å²) in [6, 6.07) is 83.3. The first kappa shape index (κ1) is 43.0. The molecule has 0 amide bonds. The van der Waals surface area contributed by atoms with Gasteiger partial charge in [0.1, 0.15) is 11.2 Å². The fraction of sp³-hybridized carbons (Fsp3) is 0. The molecule has 0 unspecified atom stereocenters. The summed E-state index contributed by atoms with van der Waals surface area (Å²) in [4.78, 5) is 16.0. The minimum Gasteiger partial charge on any atom is -0.456 e. The van der Waals surface area contributed by atoms with E-state index in [0.717, 1.165) is 55.4 Å². The Bertz CT molecular complexity index is 5180. The van der Waals surface area contributed by atoms with Crippen molar-refractivity contribution in [2.24, 2.45) is 0 Å². The Morgan fingerprint density at radius 3 is 1.56 bits per heavy atom. The van der Waals surface area contributed by atoms with Crippen molar-refractivity contribution in [2.45, 2.75) is 0 Å². The summed E-state index contributed by atoms with van der Waals surface area (Å²) in [5.74, 6) is 1.84. The molecule has 0 N–H and O–H groups in total. The van der Waals surface area contributed by atoms with E-state index >= 15 is 0 Å². The highest BCUT2D eigenvalue weighted by Gasteiger charge is 2.22. The Labute approximate surface area is 451 Å². The molecule has 358 valence electrons. The minimum atomic E-state index is 0.592. The van der Waals surface area contributed by atoms with Crippen molar-refractivity contribution in [2.75, 3.05) is 0 Å². The lowest BCUT2D eigenvalue weighted by molar-refractivity contribution is 0.669. The van der Waals surface area contributed by atoms with E-state index in [4.69, 9.17) is 19.4 Å². The van der Waals surface area contributed by atoms with Gasteiger partial charge in [-0.2, -0.15) is 0 Å². The molecule has 0 bridgehead atoms. The highest BCUT2D eigenvalue weighted by Crippen LogP contribution is 2.46. The van der Waals surface area contributed by atoms with Crippen LogP contribution in [-0.2, 0) is 0 Å². The van der Waals surface area contributed by atoms with Gasteiger partial charge in [0.05, 0.1) is 11.0 Å². The van der Waals surface area contributed by atoms with E-state index in [1.165, 1.54) is 93.4 Å². The van der Waals surface area contributed by atoms with Gasteiger partial charge >= 0.3 is 0 Å². The number of hydrogen-bond acceptors (Lipinski definition) is 7. The van der Waals surface area contributed by atoms with E-state index < -0.39 is 0 Å². The third kappa shape index (κ3) is 6.66. The minimum absolute atomic E-state index is 0.592. The number of benzene rings is 11. The number of rotatable bonds is 6. The zero-order valence-corrected chi connectivity index (χ0v) is 43.3. The molecule has 0 spiro atoms. The third-order valence-electron chi connectivity index (χ3n) is 15.5. The highest BCUT2D eigenvalue weighted by molar-refractivity contribution is 7.27. The molecule has 0 saturated carbocycles. The second-order valence-electron chi connectivity index (χ2n) is 19.8. The van der Waals surface area contributed by atoms with E-state index in [0.29, 0.717) is 17.5 Å². The number of fused-ring (bicyclic) bond motifs is 15. The first-order chi connectivity index (χ1) is 38.1. The molecule has 0 radical (unpaired) electrons. The smallest absolute Gasteiger partial charge is 0.164 e. The molecule has 8 heteroatoms. The molecule has 5 nitrogen and oxygen atoms in total. The average Bonchev–Trinajstić information content (AvgIpc) is 4.35. The van der Waals surface area contributed by atoms with Crippen LogP contribution in [0.4, 0.5) is 0 Å².